The van der Waals surface area contributed by atoms with Crippen molar-refractivity contribution in [3.8, 4) is 5.75 Å². The van der Waals surface area contributed by atoms with Gasteiger partial charge in [0.2, 0.25) is 0 Å². The summed E-state index contributed by atoms with van der Waals surface area (Å²) in [6.45, 7) is 1.41. The number of nitrogens with zero attached hydrogens (tertiary/aromatic N) is 1. The molecule has 2 aromatic rings. The minimum Gasteiger partial charge on any atom is -0.483 e. The van der Waals surface area contributed by atoms with Crippen molar-refractivity contribution in [2.45, 2.75) is 31.3 Å². The predicted molar refractivity (Wildman–Crippen MR) is 115 cm³/mol. The normalized spacial score (nSPS) is 20.1. The zero-order valence-electron chi connectivity index (χ0n) is 16.5. The number of fused-ring (bicyclic) bond motifs is 2. The Bertz CT molecular complexity index is 897. The average molecular weight is 434 g/mol. The van der Waals surface area contributed by atoms with Crippen molar-refractivity contribution >= 4 is 29.9 Å². The summed E-state index contributed by atoms with van der Waals surface area (Å²) in [6.07, 6.45) is 2.96. The molecule has 2 aromatic carbocycles. The number of carbonyl (C=O) groups excluding carboxylic acids is 2. The first-order valence-corrected chi connectivity index (χ1v) is 9.93. The van der Waals surface area contributed by atoms with Gasteiger partial charge in [-0.1, -0.05) is 24.3 Å². The monoisotopic (exact) mass is 433 g/mol. The van der Waals surface area contributed by atoms with E-state index in [2.05, 4.69) is 10.6 Å². The van der Waals surface area contributed by atoms with Gasteiger partial charge in [0, 0.05) is 18.6 Å². The number of ether oxygens (including phenoxy) is 1. The van der Waals surface area contributed by atoms with Crippen molar-refractivity contribution in [1.29, 1.82) is 0 Å². The topological polar surface area (TPSA) is 70.7 Å². The Morgan fingerprint density at radius 3 is 2.63 bits per heavy atom. The third-order valence-electron chi connectivity index (χ3n) is 5.51. The summed E-state index contributed by atoms with van der Waals surface area (Å²) >= 11 is 0. The maximum Gasteiger partial charge on any atom is 0.262 e. The number of nitrogens with one attached hydrogen (secondary N) is 2. The molecule has 2 saturated heterocycles. The Labute approximate surface area is 181 Å². The van der Waals surface area contributed by atoms with Gasteiger partial charge in [0.25, 0.3) is 11.8 Å². The van der Waals surface area contributed by atoms with Crippen LogP contribution in [0.2, 0.25) is 0 Å². The van der Waals surface area contributed by atoms with Crippen molar-refractivity contribution in [2.24, 2.45) is 0 Å². The van der Waals surface area contributed by atoms with Crippen LogP contribution in [-0.2, 0) is 4.79 Å². The lowest BCUT2D eigenvalue weighted by molar-refractivity contribution is -0.118. The molecule has 2 heterocycles. The first-order chi connectivity index (χ1) is 14.1. The molecular weight excluding hydrogens is 409 g/mol. The van der Waals surface area contributed by atoms with E-state index in [0.717, 1.165) is 32.4 Å². The van der Waals surface area contributed by atoms with Crippen LogP contribution in [0.5, 0.6) is 5.75 Å². The van der Waals surface area contributed by atoms with E-state index in [1.165, 1.54) is 12.1 Å². The summed E-state index contributed by atoms with van der Waals surface area (Å²) in [5.74, 6) is -0.706. The Morgan fingerprint density at radius 1 is 1.07 bits per heavy atom. The van der Waals surface area contributed by atoms with Crippen molar-refractivity contribution in [2.75, 3.05) is 25.0 Å². The maximum absolute atomic E-state index is 13.7. The molecular formula is C22H25ClFN3O3. The molecule has 4 rings (SSSR count). The van der Waals surface area contributed by atoms with Gasteiger partial charge in [-0.3, -0.25) is 9.59 Å². The number of hydrogen-bond acceptors (Lipinski definition) is 4. The van der Waals surface area contributed by atoms with Crippen LogP contribution in [-0.4, -0.2) is 48.5 Å². The number of hydrogen-bond donors (Lipinski definition) is 2. The van der Waals surface area contributed by atoms with E-state index in [1.807, 2.05) is 4.90 Å². The lowest BCUT2D eigenvalue weighted by atomic mass is 10.1. The van der Waals surface area contributed by atoms with Gasteiger partial charge in [-0.15, -0.1) is 12.4 Å². The van der Waals surface area contributed by atoms with Gasteiger partial charge in [0.1, 0.15) is 11.6 Å². The van der Waals surface area contributed by atoms with Crippen molar-refractivity contribution < 1.29 is 18.7 Å². The second kappa shape index (κ2) is 9.91. The molecule has 6 nitrogen and oxygen atoms in total. The fraction of sp³-hybridized carbons (Fsp3) is 0.364. The second-order valence-corrected chi connectivity index (χ2v) is 7.40. The molecule has 160 valence electrons. The van der Waals surface area contributed by atoms with Crippen LogP contribution in [0.3, 0.4) is 0 Å². The van der Waals surface area contributed by atoms with E-state index >= 15 is 0 Å². The van der Waals surface area contributed by atoms with E-state index in [0.29, 0.717) is 11.3 Å². The van der Waals surface area contributed by atoms with Gasteiger partial charge in [0.15, 0.2) is 6.61 Å². The fourth-order valence-electron chi connectivity index (χ4n) is 4.11. The summed E-state index contributed by atoms with van der Waals surface area (Å²) < 4.78 is 19.3. The van der Waals surface area contributed by atoms with Gasteiger partial charge >= 0.3 is 0 Å². The van der Waals surface area contributed by atoms with Crippen molar-refractivity contribution in [3.63, 3.8) is 0 Å². The quantitative estimate of drug-likeness (QED) is 0.759. The molecule has 2 bridgehead atoms. The standard InChI is InChI=1S/C22H24FN3O3.ClH/c23-18-6-2-3-7-19(18)25-21(27)14-29-20-8-4-1-5-17(20)22(28)26-15-9-10-16(26)13-24-12-11-15;/h1-8,15-16,24H,9-14H2,(H,25,27);1H. The number of para-hydroxylation sites is 2. The Morgan fingerprint density at radius 2 is 1.80 bits per heavy atom. The molecule has 0 spiro atoms. The SMILES string of the molecule is Cl.O=C(COc1ccccc1C(=O)N1C2CCNCC1CC2)Nc1ccccc1F. The highest BCUT2D eigenvalue weighted by Gasteiger charge is 2.39. The van der Waals surface area contributed by atoms with Crippen molar-refractivity contribution in [3.05, 3.63) is 59.9 Å². The minimum atomic E-state index is -0.512. The third kappa shape index (κ3) is 4.74. The Balaban J connectivity index is 0.00000256. The van der Waals surface area contributed by atoms with Crippen LogP contribution >= 0.6 is 12.4 Å². The van der Waals surface area contributed by atoms with Crippen LogP contribution in [0.4, 0.5) is 10.1 Å². The Kier molecular flexibility index (Phi) is 7.29. The van der Waals surface area contributed by atoms with E-state index in [4.69, 9.17) is 4.74 Å². The molecule has 2 aliphatic heterocycles. The van der Waals surface area contributed by atoms with Crippen molar-refractivity contribution in [1.82, 2.24) is 10.2 Å². The van der Waals surface area contributed by atoms with Gasteiger partial charge in [-0.05, 0) is 50.1 Å². The van der Waals surface area contributed by atoms with Crippen LogP contribution in [0, 0.1) is 5.82 Å². The number of amides is 2. The van der Waals surface area contributed by atoms with Gasteiger partial charge in [-0.25, -0.2) is 4.39 Å². The first-order valence-electron chi connectivity index (χ1n) is 9.93. The van der Waals surface area contributed by atoms with E-state index in [1.54, 1.807) is 36.4 Å². The lowest BCUT2D eigenvalue weighted by Gasteiger charge is -2.28. The average Bonchev–Trinajstić information content (AvgIpc) is 3.00. The number of rotatable bonds is 5. The fourth-order valence-corrected chi connectivity index (χ4v) is 4.11. The molecule has 2 aliphatic rings. The molecule has 2 amide bonds. The number of carbonyl (C=O) groups is 2. The van der Waals surface area contributed by atoms with Crippen LogP contribution in [0.25, 0.3) is 0 Å². The highest BCUT2D eigenvalue weighted by Crippen LogP contribution is 2.31. The number of halogens is 2. The molecule has 8 heteroatoms. The zero-order valence-corrected chi connectivity index (χ0v) is 17.3. The van der Waals surface area contributed by atoms with E-state index in [9.17, 15) is 14.0 Å². The summed E-state index contributed by atoms with van der Waals surface area (Å²) in [5.41, 5.74) is 0.545. The van der Waals surface area contributed by atoms with E-state index in [-0.39, 0.29) is 42.7 Å². The largest absolute Gasteiger partial charge is 0.483 e. The zero-order chi connectivity index (χ0) is 20.2. The third-order valence-corrected chi connectivity index (χ3v) is 5.51. The maximum atomic E-state index is 13.7. The summed E-state index contributed by atoms with van der Waals surface area (Å²) in [7, 11) is 0. The van der Waals surface area contributed by atoms with Crippen LogP contribution < -0.4 is 15.4 Å². The smallest absolute Gasteiger partial charge is 0.262 e. The molecule has 30 heavy (non-hydrogen) atoms. The summed E-state index contributed by atoms with van der Waals surface area (Å²) in [6, 6.07) is 13.3. The second-order valence-electron chi connectivity index (χ2n) is 7.40. The molecule has 0 aliphatic carbocycles. The van der Waals surface area contributed by atoms with E-state index < -0.39 is 11.7 Å². The molecule has 0 aromatic heterocycles. The first kappa shape index (κ1) is 22.1. The summed E-state index contributed by atoms with van der Waals surface area (Å²) in [4.78, 5) is 27.4. The van der Waals surface area contributed by atoms with Gasteiger partial charge < -0.3 is 20.3 Å². The van der Waals surface area contributed by atoms with Gasteiger partial charge in [-0.2, -0.15) is 0 Å². The predicted octanol–water partition coefficient (Wildman–Crippen LogP) is 3.23. The molecule has 2 unspecified atom stereocenters. The Hall–Kier alpha value is -2.64. The molecule has 0 radical (unpaired) electrons. The molecule has 2 fully saturated rings. The molecule has 0 saturated carbocycles. The number of benzene rings is 2. The number of anilines is 1. The minimum absolute atomic E-state index is 0. The molecule has 2 atom stereocenters. The lowest BCUT2D eigenvalue weighted by Crippen LogP contribution is -2.42. The van der Waals surface area contributed by atoms with Crippen LogP contribution in [0.15, 0.2) is 48.5 Å². The summed E-state index contributed by atoms with van der Waals surface area (Å²) in [5, 5.41) is 5.87. The highest BCUT2D eigenvalue weighted by atomic mass is 35.5. The molecule has 2 N–H and O–H groups in total. The van der Waals surface area contributed by atoms with Gasteiger partial charge in [0.05, 0.1) is 11.3 Å². The highest BCUT2D eigenvalue weighted by molar-refractivity contribution is 5.98. The van der Waals surface area contributed by atoms with Crippen LogP contribution in [0.1, 0.15) is 29.6 Å².